The van der Waals surface area contributed by atoms with Crippen molar-refractivity contribution >= 4 is 28.2 Å². The van der Waals surface area contributed by atoms with Gasteiger partial charge in [-0.25, -0.2) is 4.68 Å². The summed E-state index contributed by atoms with van der Waals surface area (Å²) in [6.45, 7) is 5.56. The number of phenolic OH excluding ortho intramolecular Hbond substituents is 1. The zero-order valence-electron chi connectivity index (χ0n) is 16.8. The van der Waals surface area contributed by atoms with Crippen LogP contribution >= 0.6 is 11.6 Å². The van der Waals surface area contributed by atoms with Crippen molar-refractivity contribution in [3.8, 4) is 22.7 Å². The lowest BCUT2D eigenvalue weighted by atomic mass is 9.99. The van der Waals surface area contributed by atoms with Crippen LogP contribution in [0.25, 0.3) is 27.7 Å². The Hall–Kier alpha value is -3.23. The maximum Gasteiger partial charge on any atom is 0.156 e. The van der Waals surface area contributed by atoms with E-state index in [2.05, 4.69) is 25.8 Å². The van der Waals surface area contributed by atoms with E-state index < -0.39 is 5.60 Å². The number of benzene rings is 2. The Kier molecular flexibility index (Phi) is 5.05. The summed E-state index contributed by atoms with van der Waals surface area (Å²) in [5, 5.41) is 42.5. The molecular formula is C21H21ClN6O2. The van der Waals surface area contributed by atoms with Crippen LogP contribution < -0.4 is 5.32 Å². The Labute approximate surface area is 178 Å². The minimum absolute atomic E-state index is 0.0353. The molecule has 0 amide bonds. The smallest absolute Gasteiger partial charge is 0.156 e. The van der Waals surface area contributed by atoms with Crippen molar-refractivity contribution in [2.75, 3.05) is 11.9 Å². The number of aromatic nitrogens is 5. The third-order valence-electron chi connectivity index (χ3n) is 4.66. The predicted molar refractivity (Wildman–Crippen MR) is 116 cm³/mol. The van der Waals surface area contributed by atoms with E-state index in [0.717, 1.165) is 22.0 Å². The Morgan fingerprint density at radius 2 is 1.93 bits per heavy atom. The molecule has 0 radical (unpaired) electrons. The molecule has 0 saturated carbocycles. The summed E-state index contributed by atoms with van der Waals surface area (Å²) in [4.78, 5) is 0. The average Bonchev–Trinajstić information content (AvgIpc) is 3.20. The van der Waals surface area contributed by atoms with Crippen molar-refractivity contribution in [1.82, 2.24) is 25.2 Å². The normalized spacial score (nSPS) is 11.8. The zero-order chi connectivity index (χ0) is 21.5. The summed E-state index contributed by atoms with van der Waals surface area (Å²) in [7, 11) is 0. The zero-order valence-corrected chi connectivity index (χ0v) is 17.5. The second-order valence-electron chi connectivity index (χ2n) is 7.76. The van der Waals surface area contributed by atoms with Gasteiger partial charge in [-0.1, -0.05) is 16.8 Å². The number of aryl methyl sites for hydroxylation is 1. The van der Waals surface area contributed by atoms with Gasteiger partial charge in [0.15, 0.2) is 5.82 Å². The summed E-state index contributed by atoms with van der Waals surface area (Å²) in [5.41, 5.74) is 1.76. The van der Waals surface area contributed by atoms with E-state index in [1.807, 2.05) is 25.1 Å². The van der Waals surface area contributed by atoms with Crippen LogP contribution in [0.2, 0.25) is 5.02 Å². The van der Waals surface area contributed by atoms with Gasteiger partial charge >= 0.3 is 0 Å². The van der Waals surface area contributed by atoms with Crippen molar-refractivity contribution in [2.24, 2.45) is 0 Å². The maximum absolute atomic E-state index is 10.5. The highest BCUT2D eigenvalue weighted by Gasteiger charge is 2.19. The van der Waals surface area contributed by atoms with Gasteiger partial charge in [0.1, 0.15) is 11.4 Å². The lowest BCUT2D eigenvalue weighted by Crippen LogP contribution is -2.29. The average molecular weight is 425 g/mol. The molecule has 154 valence electrons. The number of nitrogens with zero attached hydrogens (tertiary/aromatic N) is 5. The number of hydrogen-bond donors (Lipinski definition) is 3. The van der Waals surface area contributed by atoms with E-state index in [0.29, 0.717) is 22.1 Å². The predicted octanol–water partition coefficient (Wildman–Crippen LogP) is 3.73. The summed E-state index contributed by atoms with van der Waals surface area (Å²) >= 11 is 6.07. The quantitative estimate of drug-likeness (QED) is 0.447. The van der Waals surface area contributed by atoms with Gasteiger partial charge in [0.05, 0.1) is 23.7 Å². The monoisotopic (exact) mass is 424 g/mol. The molecule has 4 rings (SSSR count). The molecule has 0 aliphatic heterocycles. The molecule has 0 unspecified atom stereocenters. The van der Waals surface area contributed by atoms with Crippen molar-refractivity contribution in [2.45, 2.75) is 26.4 Å². The highest BCUT2D eigenvalue weighted by atomic mass is 35.5. The molecular weight excluding hydrogens is 404 g/mol. The number of nitrogens with one attached hydrogen (secondary N) is 1. The lowest BCUT2D eigenvalue weighted by molar-refractivity contribution is 0.0944. The minimum atomic E-state index is -0.929. The molecule has 2 heterocycles. The molecule has 0 spiro atoms. The first-order valence-corrected chi connectivity index (χ1v) is 9.73. The molecule has 3 N–H and O–H groups in total. The molecule has 4 aromatic rings. The molecule has 0 bridgehead atoms. The molecule has 2 aromatic heterocycles. The van der Waals surface area contributed by atoms with Crippen molar-refractivity contribution in [3.05, 3.63) is 53.3 Å². The number of aliphatic hydroxyl groups is 1. The fourth-order valence-corrected chi connectivity index (χ4v) is 3.55. The summed E-state index contributed by atoms with van der Waals surface area (Å²) in [5.74, 6) is 0.553. The van der Waals surface area contributed by atoms with Crippen LogP contribution in [0.1, 0.15) is 19.4 Å². The highest BCUT2D eigenvalue weighted by molar-refractivity contribution is 6.31. The molecule has 8 nitrogen and oxygen atoms in total. The van der Waals surface area contributed by atoms with Gasteiger partial charge < -0.3 is 15.5 Å². The minimum Gasteiger partial charge on any atom is -0.507 e. The molecule has 2 aromatic carbocycles. The van der Waals surface area contributed by atoms with Crippen LogP contribution in [0.15, 0.2) is 42.7 Å². The Morgan fingerprint density at radius 3 is 2.60 bits per heavy atom. The van der Waals surface area contributed by atoms with Gasteiger partial charge in [-0.15, -0.1) is 15.3 Å². The standard InChI is InChI=1S/C21H21ClN6O2/c1-12-8-13(22)9-17(29)18(12)19-15-5-4-14(28-7-6-24-27-28)10-16(15)20(26-25-19)23-11-21(2,3)30/h4-10,29-30H,11H2,1-3H3,(H,23,26). The van der Waals surface area contributed by atoms with E-state index >= 15 is 0 Å². The summed E-state index contributed by atoms with van der Waals surface area (Å²) in [6, 6.07) is 8.97. The number of aromatic hydroxyl groups is 1. The molecule has 0 saturated heterocycles. The summed E-state index contributed by atoms with van der Waals surface area (Å²) in [6.07, 6.45) is 3.35. The van der Waals surface area contributed by atoms with E-state index in [1.165, 1.54) is 6.07 Å². The molecule has 30 heavy (non-hydrogen) atoms. The first-order valence-electron chi connectivity index (χ1n) is 9.36. The highest BCUT2D eigenvalue weighted by Crippen LogP contribution is 2.39. The van der Waals surface area contributed by atoms with Gasteiger partial charge in [-0.05, 0) is 56.7 Å². The van der Waals surface area contributed by atoms with Gasteiger partial charge in [0, 0.05) is 27.9 Å². The van der Waals surface area contributed by atoms with Crippen LogP contribution in [0.5, 0.6) is 5.75 Å². The van der Waals surface area contributed by atoms with E-state index in [9.17, 15) is 10.2 Å². The first kappa shape index (κ1) is 20.1. The number of phenols is 1. The lowest BCUT2D eigenvalue weighted by Gasteiger charge is -2.19. The Balaban J connectivity index is 1.94. The first-order chi connectivity index (χ1) is 14.2. The molecule has 0 aliphatic carbocycles. The number of rotatable bonds is 5. The third kappa shape index (κ3) is 3.92. The second kappa shape index (κ2) is 7.55. The van der Waals surface area contributed by atoms with E-state index in [4.69, 9.17) is 11.6 Å². The van der Waals surface area contributed by atoms with Crippen molar-refractivity contribution < 1.29 is 10.2 Å². The molecule has 9 heteroatoms. The van der Waals surface area contributed by atoms with Crippen molar-refractivity contribution in [1.29, 1.82) is 0 Å². The molecule has 0 fully saturated rings. The maximum atomic E-state index is 10.5. The van der Waals surface area contributed by atoms with Gasteiger partial charge in [0.25, 0.3) is 0 Å². The van der Waals surface area contributed by atoms with Gasteiger partial charge in [-0.2, -0.15) is 0 Å². The largest absolute Gasteiger partial charge is 0.507 e. The fourth-order valence-electron chi connectivity index (χ4n) is 3.28. The second-order valence-corrected chi connectivity index (χ2v) is 8.19. The third-order valence-corrected chi connectivity index (χ3v) is 4.87. The number of halogens is 1. The Morgan fingerprint density at radius 1 is 1.13 bits per heavy atom. The van der Waals surface area contributed by atoms with Crippen LogP contribution in [0, 0.1) is 6.92 Å². The van der Waals surface area contributed by atoms with Crippen molar-refractivity contribution in [3.63, 3.8) is 0 Å². The number of fused-ring (bicyclic) bond motifs is 1. The SMILES string of the molecule is Cc1cc(Cl)cc(O)c1-c1nnc(NCC(C)(C)O)c2cc(-n3ccnn3)ccc12. The summed E-state index contributed by atoms with van der Waals surface area (Å²) < 4.78 is 1.64. The van der Waals surface area contributed by atoms with E-state index in [-0.39, 0.29) is 12.3 Å². The van der Waals surface area contributed by atoms with Crippen LogP contribution in [0.4, 0.5) is 5.82 Å². The van der Waals surface area contributed by atoms with Gasteiger partial charge in [0.2, 0.25) is 0 Å². The van der Waals surface area contributed by atoms with Gasteiger partial charge in [-0.3, -0.25) is 0 Å². The number of hydrogen-bond acceptors (Lipinski definition) is 7. The van der Waals surface area contributed by atoms with E-state index in [1.54, 1.807) is 37.0 Å². The Bertz CT molecular complexity index is 1200. The molecule has 0 atom stereocenters. The fraction of sp³-hybridized carbons (Fsp3) is 0.238. The van der Waals surface area contributed by atoms with Crippen LogP contribution in [0.3, 0.4) is 0 Å². The van der Waals surface area contributed by atoms with Crippen LogP contribution in [-0.4, -0.2) is 47.6 Å². The molecule has 0 aliphatic rings. The topological polar surface area (TPSA) is 109 Å². The number of anilines is 1. The van der Waals surface area contributed by atoms with Crippen LogP contribution in [-0.2, 0) is 0 Å².